The van der Waals surface area contributed by atoms with Gasteiger partial charge in [0.05, 0.1) is 11.4 Å². The molecule has 0 bridgehead atoms. The van der Waals surface area contributed by atoms with Gasteiger partial charge < -0.3 is 5.32 Å². The van der Waals surface area contributed by atoms with Gasteiger partial charge >= 0.3 is 0 Å². The lowest BCUT2D eigenvalue weighted by molar-refractivity contribution is 0.705. The van der Waals surface area contributed by atoms with Crippen molar-refractivity contribution in [2.75, 3.05) is 11.9 Å². The Hall–Kier alpha value is -1.54. The first-order valence-corrected chi connectivity index (χ1v) is 6.96. The van der Waals surface area contributed by atoms with E-state index in [4.69, 9.17) is 11.6 Å². The van der Waals surface area contributed by atoms with Crippen molar-refractivity contribution in [1.82, 2.24) is 4.98 Å². The van der Waals surface area contributed by atoms with E-state index < -0.39 is 0 Å². The van der Waals surface area contributed by atoms with Crippen LogP contribution >= 0.6 is 11.6 Å². The minimum Gasteiger partial charge on any atom is -0.384 e. The largest absolute Gasteiger partial charge is 0.384 e. The Morgan fingerprint density at radius 1 is 1.16 bits per heavy atom. The summed E-state index contributed by atoms with van der Waals surface area (Å²) in [5, 5.41) is 3.96. The molecule has 1 atom stereocenters. The highest BCUT2D eigenvalue weighted by atomic mass is 35.5. The Morgan fingerprint density at radius 2 is 1.89 bits per heavy atom. The number of aryl methyl sites for hydroxylation is 1. The molecule has 0 saturated carbocycles. The summed E-state index contributed by atoms with van der Waals surface area (Å²) in [4.78, 5) is 4.23. The maximum atomic E-state index is 5.84. The molecule has 1 aromatic heterocycles. The fourth-order valence-corrected chi connectivity index (χ4v) is 2.28. The van der Waals surface area contributed by atoms with Gasteiger partial charge in [0.25, 0.3) is 0 Å². The lowest BCUT2D eigenvalue weighted by Gasteiger charge is -2.14. The summed E-state index contributed by atoms with van der Waals surface area (Å²) in [6.45, 7) is 5.15. The average Bonchev–Trinajstić information content (AvgIpc) is 2.42. The van der Waals surface area contributed by atoms with E-state index in [1.165, 1.54) is 5.56 Å². The molecule has 1 aromatic carbocycles. The van der Waals surface area contributed by atoms with Crippen LogP contribution in [0.5, 0.6) is 0 Å². The molecule has 1 N–H and O–H groups in total. The molecule has 2 rings (SSSR count). The zero-order chi connectivity index (χ0) is 13.7. The Balaban J connectivity index is 1.86. The normalized spacial score (nSPS) is 12.2. The van der Waals surface area contributed by atoms with Gasteiger partial charge in [-0.05, 0) is 37.0 Å². The lowest BCUT2D eigenvalue weighted by atomic mass is 9.98. The summed E-state index contributed by atoms with van der Waals surface area (Å²) in [5.74, 6) is 0.550. The fourth-order valence-electron chi connectivity index (χ4n) is 2.09. The van der Waals surface area contributed by atoms with Crippen LogP contribution in [-0.2, 0) is 0 Å². The number of nitrogens with zero attached hydrogens (tertiary/aromatic N) is 1. The predicted molar refractivity (Wildman–Crippen MR) is 81.9 cm³/mol. The van der Waals surface area contributed by atoms with Crippen LogP contribution in [0.3, 0.4) is 0 Å². The topological polar surface area (TPSA) is 24.9 Å². The van der Waals surface area contributed by atoms with Gasteiger partial charge in [-0.25, -0.2) is 4.98 Å². The van der Waals surface area contributed by atoms with Crippen LogP contribution in [0.1, 0.15) is 30.5 Å². The maximum absolute atomic E-state index is 5.84. The van der Waals surface area contributed by atoms with Crippen molar-refractivity contribution in [1.29, 1.82) is 0 Å². The fraction of sp³-hybridized carbons (Fsp3) is 0.312. The Morgan fingerprint density at radius 3 is 2.58 bits per heavy atom. The third-order valence-corrected chi connectivity index (χ3v) is 3.52. The molecule has 0 aliphatic carbocycles. The number of rotatable bonds is 5. The molecule has 0 aliphatic heterocycles. The summed E-state index contributed by atoms with van der Waals surface area (Å²) < 4.78 is 0. The maximum Gasteiger partial charge on any atom is 0.129 e. The van der Waals surface area contributed by atoms with Gasteiger partial charge in [-0.3, -0.25) is 0 Å². The molecular weight excluding hydrogens is 256 g/mol. The minimum absolute atomic E-state index is 0.542. The van der Waals surface area contributed by atoms with Gasteiger partial charge in [-0.15, -0.1) is 0 Å². The van der Waals surface area contributed by atoms with E-state index in [1.54, 1.807) is 0 Å². The highest BCUT2D eigenvalue weighted by molar-refractivity contribution is 6.29. The van der Waals surface area contributed by atoms with E-state index in [-0.39, 0.29) is 0 Å². The number of halogens is 1. The van der Waals surface area contributed by atoms with Crippen molar-refractivity contribution in [3.8, 4) is 0 Å². The number of hydrogen-bond acceptors (Lipinski definition) is 2. The van der Waals surface area contributed by atoms with E-state index in [9.17, 15) is 0 Å². The third-order valence-electron chi connectivity index (χ3n) is 3.31. The molecule has 2 nitrogen and oxygen atoms in total. The second kappa shape index (κ2) is 6.58. The summed E-state index contributed by atoms with van der Waals surface area (Å²) in [5.41, 5.74) is 3.39. The molecule has 2 aromatic rings. The van der Waals surface area contributed by atoms with Crippen molar-refractivity contribution < 1.29 is 0 Å². The number of aromatic nitrogens is 1. The summed E-state index contributed by atoms with van der Waals surface area (Å²) in [6, 6.07) is 14.4. The molecule has 1 heterocycles. The second-order valence-electron chi connectivity index (χ2n) is 4.79. The molecule has 0 saturated heterocycles. The number of benzene rings is 1. The van der Waals surface area contributed by atoms with Crippen LogP contribution in [0.2, 0.25) is 5.15 Å². The molecule has 19 heavy (non-hydrogen) atoms. The van der Waals surface area contributed by atoms with Gasteiger partial charge in [0.1, 0.15) is 5.15 Å². The SMILES string of the molecule is Cc1nc(Cl)ccc1NCCC(C)c1ccccc1. The molecule has 0 fully saturated rings. The molecule has 1 unspecified atom stereocenters. The molecule has 0 radical (unpaired) electrons. The average molecular weight is 275 g/mol. The number of anilines is 1. The number of nitrogens with one attached hydrogen (secondary N) is 1. The third kappa shape index (κ3) is 3.97. The second-order valence-corrected chi connectivity index (χ2v) is 5.18. The van der Waals surface area contributed by atoms with Crippen LogP contribution in [0.25, 0.3) is 0 Å². The van der Waals surface area contributed by atoms with Gasteiger partial charge in [0.2, 0.25) is 0 Å². The quantitative estimate of drug-likeness (QED) is 0.803. The summed E-state index contributed by atoms with van der Waals surface area (Å²) in [6.07, 6.45) is 1.09. The number of pyridine rings is 1. The van der Waals surface area contributed by atoms with E-state index in [0.717, 1.165) is 24.3 Å². The van der Waals surface area contributed by atoms with Gasteiger partial charge in [-0.2, -0.15) is 0 Å². The Kier molecular flexibility index (Phi) is 4.80. The van der Waals surface area contributed by atoms with Crippen LogP contribution in [0.15, 0.2) is 42.5 Å². The molecule has 0 amide bonds. The molecule has 0 spiro atoms. The molecule has 100 valence electrons. The Labute approximate surface area is 119 Å². The van der Waals surface area contributed by atoms with E-state index in [1.807, 2.05) is 19.1 Å². The van der Waals surface area contributed by atoms with Crippen LogP contribution in [0.4, 0.5) is 5.69 Å². The van der Waals surface area contributed by atoms with Gasteiger partial charge in [0, 0.05) is 6.54 Å². The monoisotopic (exact) mass is 274 g/mol. The minimum atomic E-state index is 0.542. The first-order valence-electron chi connectivity index (χ1n) is 6.59. The van der Waals surface area contributed by atoms with E-state index in [0.29, 0.717) is 11.1 Å². The number of hydrogen-bond donors (Lipinski definition) is 1. The highest BCUT2D eigenvalue weighted by Crippen LogP contribution is 2.20. The standard InChI is InChI=1S/C16H19ClN2/c1-12(14-6-4-3-5-7-14)10-11-18-15-8-9-16(17)19-13(15)2/h3-9,12,18H,10-11H2,1-2H3. The predicted octanol–water partition coefficient (Wildman–Crippen LogP) is 4.65. The lowest BCUT2D eigenvalue weighted by Crippen LogP contribution is -2.07. The first kappa shape index (κ1) is 13.9. The Bertz CT molecular complexity index is 526. The first-order chi connectivity index (χ1) is 9.16. The summed E-state index contributed by atoms with van der Waals surface area (Å²) in [7, 11) is 0. The molecular formula is C16H19ClN2. The smallest absolute Gasteiger partial charge is 0.129 e. The summed E-state index contributed by atoms with van der Waals surface area (Å²) >= 11 is 5.84. The van der Waals surface area contributed by atoms with Crippen LogP contribution in [0, 0.1) is 6.92 Å². The van der Waals surface area contributed by atoms with Gasteiger partial charge in [0.15, 0.2) is 0 Å². The zero-order valence-electron chi connectivity index (χ0n) is 11.4. The van der Waals surface area contributed by atoms with Crippen LogP contribution in [-0.4, -0.2) is 11.5 Å². The molecule has 0 aliphatic rings. The van der Waals surface area contributed by atoms with Crippen molar-refractivity contribution in [2.24, 2.45) is 0 Å². The van der Waals surface area contributed by atoms with Crippen molar-refractivity contribution in [3.05, 3.63) is 58.9 Å². The van der Waals surface area contributed by atoms with E-state index >= 15 is 0 Å². The zero-order valence-corrected chi connectivity index (χ0v) is 12.1. The van der Waals surface area contributed by atoms with Crippen molar-refractivity contribution in [3.63, 3.8) is 0 Å². The van der Waals surface area contributed by atoms with Gasteiger partial charge in [-0.1, -0.05) is 48.9 Å². The van der Waals surface area contributed by atoms with E-state index in [2.05, 4.69) is 47.6 Å². The van der Waals surface area contributed by atoms with Crippen molar-refractivity contribution in [2.45, 2.75) is 26.2 Å². The van der Waals surface area contributed by atoms with Crippen LogP contribution < -0.4 is 5.32 Å². The highest BCUT2D eigenvalue weighted by Gasteiger charge is 2.05. The molecule has 3 heteroatoms. The van der Waals surface area contributed by atoms with Crippen molar-refractivity contribution >= 4 is 17.3 Å².